The monoisotopic (exact) mass is 456 g/mol. The summed E-state index contributed by atoms with van der Waals surface area (Å²) in [7, 11) is 0. The Morgan fingerprint density at radius 2 is 1.87 bits per heavy atom. The zero-order chi connectivity index (χ0) is 20.9. The molecule has 0 aliphatic carbocycles. The number of aromatic nitrogens is 3. The highest BCUT2D eigenvalue weighted by Gasteiger charge is 2.21. The predicted octanol–water partition coefficient (Wildman–Crippen LogP) is 5.43. The number of benzene rings is 2. The molecule has 2 aromatic carbocycles. The molecule has 4 aromatic rings. The maximum Gasteiger partial charge on any atom is 0.239 e. The summed E-state index contributed by atoms with van der Waals surface area (Å²) < 4.78 is 14.0. The third kappa shape index (κ3) is 5.10. The van der Waals surface area contributed by atoms with Crippen LogP contribution in [-0.4, -0.2) is 26.8 Å². The first-order valence-electron chi connectivity index (χ1n) is 9.07. The number of carbonyl (C=O) groups excluding carboxylic acids is 1. The molecule has 0 N–H and O–H groups in total. The van der Waals surface area contributed by atoms with Gasteiger partial charge in [0, 0.05) is 10.9 Å². The van der Waals surface area contributed by atoms with Crippen LogP contribution in [0.5, 0.6) is 0 Å². The molecule has 152 valence electrons. The number of amides is 1. The Hall–Kier alpha value is -2.62. The van der Waals surface area contributed by atoms with Crippen LogP contribution in [-0.2, 0) is 11.3 Å². The third-order valence-electron chi connectivity index (χ3n) is 4.17. The zero-order valence-electron chi connectivity index (χ0n) is 16.0. The summed E-state index contributed by atoms with van der Waals surface area (Å²) in [4.78, 5) is 19.4. The molecule has 2 heterocycles. The predicted molar refractivity (Wildman–Crippen MR) is 121 cm³/mol. The molecule has 4 rings (SSSR count). The van der Waals surface area contributed by atoms with E-state index < -0.39 is 0 Å². The number of nitrogens with zero attached hydrogens (tertiary/aromatic N) is 4. The number of thioether (sulfide) groups is 1. The van der Waals surface area contributed by atoms with Crippen molar-refractivity contribution in [3.05, 3.63) is 76.4 Å². The van der Waals surface area contributed by atoms with Crippen LogP contribution in [0.25, 0.3) is 11.3 Å². The lowest BCUT2D eigenvalue weighted by atomic mass is 10.2. The summed E-state index contributed by atoms with van der Waals surface area (Å²) in [5.74, 6) is -0.108. The van der Waals surface area contributed by atoms with Gasteiger partial charge < -0.3 is 0 Å². The Morgan fingerprint density at radius 3 is 2.57 bits per heavy atom. The Kier molecular flexibility index (Phi) is 6.51. The van der Waals surface area contributed by atoms with Crippen molar-refractivity contribution in [1.82, 2.24) is 15.2 Å². The van der Waals surface area contributed by atoms with E-state index in [1.165, 1.54) is 46.6 Å². The van der Waals surface area contributed by atoms with Crippen molar-refractivity contribution in [3.63, 3.8) is 0 Å². The van der Waals surface area contributed by atoms with Gasteiger partial charge in [-0.3, -0.25) is 9.69 Å². The van der Waals surface area contributed by atoms with Crippen LogP contribution in [0.3, 0.4) is 0 Å². The van der Waals surface area contributed by atoms with E-state index in [0.717, 1.165) is 20.5 Å². The van der Waals surface area contributed by atoms with Crippen molar-refractivity contribution in [2.45, 2.75) is 17.8 Å². The number of hydrogen-bond donors (Lipinski definition) is 0. The number of halogens is 1. The highest BCUT2D eigenvalue weighted by molar-refractivity contribution is 8.01. The second-order valence-electron chi connectivity index (χ2n) is 6.36. The molecule has 0 spiro atoms. The molecule has 0 atom stereocenters. The van der Waals surface area contributed by atoms with Gasteiger partial charge in [-0.05, 0) is 36.8 Å². The number of aryl methyl sites for hydroxylation is 1. The zero-order valence-corrected chi connectivity index (χ0v) is 18.4. The van der Waals surface area contributed by atoms with Crippen LogP contribution in [0, 0.1) is 12.7 Å². The average molecular weight is 457 g/mol. The highest BCUT2D eigenvalue weighted by atomic mass is 32.2. The molecule has 0 aliphatic heterocycles. The molecule has 2 aromatic heterocycles. The minimum atomic E-state index is -0.293. The Bertz CT molecular complexity index is 1130. The molecule has 0 saturated heterocycles. The second kappa shape index (κ2) is 9.46. The number of carbonyl (C=O) groups is 1. The maximum atomic E-state index is 13.2. The van der Waals surface area contributed by atoms with E-state index in [1.54, 1.807) is 17.0 Å². The lowest BCUT2D eigenvalue weighted by Crippen LogP contribution is -2.31. The number of rotatable bonds is 7. The third-order valence-corrected chi connectivity index (χ3v) is 6.99. The molecule has 0 fully saturated rings. The van der Waals surface area contributed by atoms with Crippen LogP contribution < -0.4 is 4.90 Å². The van der Waals surface area contributed by atoms with Crippen LogP contribution >= 0.6 is 34.4 Å². The van der Waals surface area contributed by atoms with Gasteiger partial charge in [0.1, 0.15) is 10.8 Å². The van der Waals surface area contributed by atoms with Crippen LogP contribution in [0.4, 0.5) is 9.52 Å². The summed E-state index contributed by atoms with van der Waals surface area (Å²) in [5, 5.41) is 11.4. The molecule has 0 radical (unpaired) electrons. The van der Waals surface area contributed by atoms with Crippen molar-refractivity contribution in [3.8, 4) is 11.3 Å². The summed E-state index contributed by atoms with van der Waals surface area (Å²) in [5.41, 5.74) is 2.54. The van der Waals surface area contributed by atoms with Crippen molar-refractivity contribution < 1.29 is 9.18 Å². The summed E-state index contributed by atoms with van der Waals surface area (Å²) >= 11 is 4.24. The van der Waals surface area contributed by atoms with Gasteiger partial charge in [0.25, 0.3) is 0 Å². The molecule has 30 heavy (non-hydrogen) atoms. The molecule has 0 saturated carbocycles. The number of hydrogen-bond acceptors (Lipinski definition) is 7. The van der Waals surface area contributed by atoms with E-state index in [4.69, 9.17) is 0 Å². The van der Waals surface area contributed by atoms with Crippen molar-refractivity contribution in [1.29, 1.82) is 0 Å². The molecule has 0 unspecified atom stereocenters. The van der Waals surface area contributed by atoms with E-state index >= 15 is 0 Å². The molecular weight excluding hydrogens is 439 g/mol. The lowest BCUT2D eigenvalue weighted by molar-refractivity contribution is -0.116. The standard InChI is InChI=1S/C21H17FN4OS3/c1-14-24-25-21(30-14)29-13-19(27)26(11-15-5-3-2-4-6-15)20-23-18(12-28-20)16-7-9-17(22)10-8-16/h2-10,12H,11,13H2,1H3. The van der Waals surface area contributed by atoms with Gasteiger partial charge in [-0.15, -0.1) is 21.5 Å². The number of anilines is 1. The van der Waals surface area contributed by atoms with Gasteiger partial charge in [0.2, 0.25) is 5.91 Å². The summed E-state index contributed by atoms with van der Waals surface area (Å²) in [6.07, 6.45) is 0. The molecule has 9 heteroatoms. The van der Waals surface area contributed by atoms with E-state index in [2.05, 4.69) is 15.2 Å². The minimum absolute atomic E-state index is 0.0586. The van der Waals surface area contributed by atoms with Crippen molar-refractivity contribution in [2.75, 3.05) is 10.7 Å². The second-order valence-corrected chi connectivity index (χ2v) is 9.60. The highest BCUT2D eigenvalue weighted by Crippen LogP contribution is 2.30. The fourth-order valence-electron chi connectivity index (χ4n) is 2.71. The van der Waals surface area contributed by atoms with E-state index in [0.29, 0.717) is 17.4 Å². The van der Waals surface area contributed by atoms with E-state index in [-0.39, 0.29) is 17.5 Å². The Balaban J connectivity index is 1.56. The van der Waals surface area contributed by atoms with Crippen LogP contribution in [0.1, 0.15) is 10.6 Å². The Morgan fingerprint density at radius 1 is 1.10 bits per heavy atom. The fourth-order valence-corrected chi connectivity index (χ4v) is 5.25. The Labute approximate surface area is 185 Å². The first-order chi connectivity index (χ1) is 14.6. The van der Waals surface area contributed by atoms with Gasteiger partial charge in [-0.1, -0.05) is 53.4 Å². The molecule has 5 nitrogen and oxygen atoms in total. The first-order valence-corrected chi connectivity index (χ1v) is 11.8. The van der Waals surface area contributed by atoms with Crippen LogP contribution in [0.15, 0.2) is 64.3 Å². The van der Waals surface area contributed by atoms with Crippen molar-refractivity contribution in [2.24, 2.45) is 0 Å². The molecular formula is C21H17FN4OS3. The largest absolute Gasteiger partial charge is 0.283 e. The lowest BCUT2D eigenvalue weighted by Gasteiger charge is -2.19. The average Bonchev–Trinajstić information content (AvgIpc) is 3.41. The van der Waals surface area contributed by atoms with Gasteiger partial charge in [0.15, 0.2) is 9.47 Å². The van der Waals surface area contributed by atoms with Gasteiger partial charge in [-0.25, -0.2) is 9.37 Å². The SMILES string of the molecule is Cc1nnc(SCC(=O)N(Cc2ccccc2)c2nc(-c3ccc(F)cc3)cs2)s1. The van der Waals surface area contributed by atoms with E-state index in [1.807, 2.05) is 42.6 Å². The summed E-state index contributed by atoms with van der Waals surface area (Å²) in [6, 6.07) is 16.0. The normalized spacial score (nSPS) is 10.9. The molecule has 1 amide bonds. The number of thiazole rings is 1. The quantitative estimate of drug-likeness (QED) is 0.347. The van der Waals surface area contributed by atoms with Crippen molar-refractivity contribution >= 4 is 45.5 Å². The minimum Gasteiger partial charge on any atom is -0.283 e. The van der Waals surface area contributed by atoms with Gasteiger partial charge >= 0.3 is 0 Å². The first kappa shape index (κ1) is 20.6. The molecule has 0 bridgehead atoms. The maximum absolute atomic E-state index is 13.2. The van der Waals surface area contributed by atoms with Gasteiger partial charge in [-0.2, -0.15) is 0 Å². The topological polar surface area (TPSA) is 59.0 Å². The molecule has 0 aliphatic rings. The smallest absolute Gasteiger partial charge is 0.239 e. The summed E-state index contributed by atoms with van der Waals surface area (Å²) in [6.45, 7) is 2.31. The fraction of sp³-hybridized carbons (Fsp3) is 0.143. The van der Waals surface area contributed by atoms with E-state index in [9.17, 15) is 9.18 Å². The van der Waals surface area contributed by atoms with Gasteiger partial charge in [0.05, 0.1) is 18.0 Å². The van der Waals surface area contributed by atoms with Crippen LogP contribution in [0.2, 0.25) is 0 Å².